The number of Topliss-reactive ketones (excluding diaryl/α,β-unsaturated/α-hetero) is 2. The van der Waals surface area contributed by atoms with Crippen molar-refractivity contribution in [2.24, 2.45) is 5.92 Å². The number of rotatable bonds is 5. The Morgan fingerprint density at radius 1 is 1.16 bits per heavy atom. The van der Waals surface area contributed by atoms with E-state index in [1.807, 2.05) is 0 Å². The summed E-state index contributed by atoms with van der Waals surface area (Å²) in [7, 11) is 2.92. The first-order chi connectivity index (χ1) is 21.5. The molecular weight excluding hydrogens is 594 g/mol. The highest BCUT2D eigenvalue weighted by atomic mass is 16.7. The van der Waals surface area contributed by atoms with Crippen LogP contribution in [0.4, 0.5) is 0 Å². The fourth-order valence-corrected chi connectivity index (χ4v) is 7.54. The van der Waals surface area contributed by atoms with Gasteiger partial charge in [-0.05, 0) is 24.6 Å². The van der Waals surface area contributed by atoms with Gasteiger partial charge in [-0.2, -0.15) is 0 Å². The Kier molecular flexibility index (Phi) is 7.16. The van der Waals surface area contributed by atoms with E-state index >= 15 is 0 Å². The number of carboxylic acid groups (broad SMARTS) is 1. The van der Waals surface area contributed by atoms with Crippen LogP contribution in [0.1, 0.15) is 35.7 Å². The van der Waals surface area contributed by atoms with Crippen LogP contribution in [0.15, 0.2) is 46.4 Å². The molecule has 3 aliphatic carbocycles. The molecule has 7 rings (SSSR count). The lowest BCUT2D eigenvalue weighted by Crippen LogP contribution is -2.59. The van der Waals surface area contributed by atoms with E-state index in [0.29, 0.717) is 18.7 Å². The molecule has 1 saturated carbocycles. The zero-order valence-corrected chi connectivity index (χ0v) is 24.7. The maximum Gasteiger partial charge on any atom is 0.344 e. The largest absolute Gasteiger partial charge is 0.511 e. The quantitative estimate of drug-likeness (QED) is 0.341. The lowest BCUT2D eigenvalue weighted by atomic mass is 9.66. The summed E-state index contributed by atoms with van der Waals surface area (Å²) in [5.74, 6) is -6.37. The highest BCUT2D eigenvalue weighted by molar-refractivity contribution is 6.22. The number of ether oxygens (including phenoxy) is 6. The molecular formula is C31H33NO13. The fourth-order valence-electron chi connectivity index (χ4n) is 7.54. The summed E-state index contributed by atoms with van der Waals surface area (Å²) < 4.78 is 35.2. The number of benzene rings is 1. The van der Waals surface area contributed by atoms with Gasteiger partial charge in [-0.25, -0.2) is 4.79 Å². The summed E-state index contributed by atoms with van der Waals surface area (Å²) in [5.41, 5.74) is -3.49. The number of ketones is 2. The Hall–Kier alpha value is -3.63. The van der Waals surface area contributed by atoms with E-state index in [1.165, 1.54) is 20.3 Å². The summed E-state index contributed by atoms with van der Waals surface area (Å²) in [5, 5.41) is 44.3. The van der Waals surface area contributed by atoms with Crippen LogP contribution in [0.5, 0.6) is 5.75 Å². The molecule has 1 aromatic rings. The molecule has 240 valence electrons. The van der Waals surface area contributed by atoms with Crippen LogP contribution in [0, 0.1) is 5.92 Å². The molecule has 4 fully saturated rings. The summed E-state index contributed by atoms with van der Waals surface area (Å²) in [6.07, 6.45) is -3.46. The normalized spacial score (nSPS) is 37.7. The number of aliphatic carboxylic acids is 1. The van der Waals surface area contributed by atoms with Crippen LogP contribution in [0.25, 0.3) is 6.08 Å². The summed E-state index contributed by atoms with van der Waals surface area (Å²) in [4.78, 5) is 41.8. The second kappa shape index (κ2) is 10.7. The number of carboxylic acids is 1. The van der Waals surface area contributed by atoms with E-state index in [1.54, 1.807) is 25.1 Å². The molecule has 14 heteroatoms. The lowest BCUT2D eigenvalue weighted by molar-refractivity contribution is -0.258. The number of fused-ring (bicyclic) bond motifs is 6. The number of aliphatic hydroxyl groups is 3. The molecule has 0 bridgehead atoms. The first-order valence-corrected chi connectivity index (χ1v) is 14.7. The average Bonchev–Trinajstić information content (AvgIpc) is 3.40. The third-order valence-electron chi connectivity index (χ3n) is 9.63. The molecule has 0 radical (unpaired) electrons. The molecule has 45 heavy (non-hydrogen) atoms. The van der Waals surface area contributed by atoms with Crippen molar-refractivity contribution in [2.45, 2.75) is 68.5 Å². The average molecular weight is 628 g/mol. The predicted molar refractivity (Wildman–Crippen MR) is 150 cm³/mol. The molecule has 1 unspecified atom stereocenters. The third kappa shape index (κ3) is 4.31. The molecule has 0 spiro atoms. The Bertz CT molecular complexity index is 1580. The van der Waals surface area contributed by atoms with E-state index in [-0.39, 0.29) is 41.0 Å². The van der Waals surface area contributed by atoms with Gasteiger partial charge in [0.15, 0.2) is 18.8 Å². The topological polar surface area (TPSA) is 191 Å². The SMILES string of the molecule is COc1cccc2c1C(=O)C1=C(O)C3C(=C(O)C1=C2)C(=O)[C@](O)(C(=O)O)C[C@@H]3O[C@H]1C[C@H]2[C@H](O[C@@H]3[C@@H](OC)OCCN32)[C@H](C)O1. The van der Waals surface area contributed by atoms with Crippen LogP contribution in [-0.4, -0.2) is 119 Å². The highest BCUT2D eigenvalue weighted by Crippen LogP contribution is 2.50. The molecule has 3 heterocycles. The monoisotopic (exact) mass is 627 g/mol. The fraction of sp³-hybridized carbons (Fsp3) is 0.516. The van der Waals surface area contributed by atoms with Gasteiger partial charge in [-0.15, -0.1) is 0 Å². The molecule has 9 atom stereocenters. The number of allylic oxidation sites excluding steroid dienone is 1. The Labute approximate surface area is 257 Å². The lowest BCUT2D eigenvalue weighted by Gasteiger charge is -2.45. The molecule has 4 N–H and O–H groups in total. The minimum absolute atomic E-state index is 0.148. The van der Waals surface area contributed by atoms with Crippen LogP contribution < -0.4 is 4.74 Å². The van der Waals surface area contributed by atoms with Gasteiger partial charge in [0.25, 0.3) is 0 Å². The first-order valence-electron chi connectivity index (χ1n) is 14.7. The van der Waals surface area contributed by atoms with Crippen molar-refractivity contribution in [1.29, 1.82) is 0 Å². The second-order valence-electron chi connectivity index (χ2n) is 12.0. The zero-order valence-electron chi connectivity index (χ0n) is 24.7. The Morgan fingerprint density at radius 2 is 1.93 bits per heavy atom. The molecule has 0 amide bonds. The minimum atomic E-state index is -2.98. The van der Waals surface area contributed by atoms with E-state index in [2.05, 4.69) is 4.90 Å². The third-order valence-corrected chi connectivity index (χ3v) is 9.63. The number of hydrogen-bond acceptors (Lipinski definition) is 13. The van der Waals surface area contributed by atoms with E-state index in [0.717, 1.165) is 0 Å². The number of carbonyl (C=O) groups is 3. The van der Waals surface area contributed by atoms with Gasteiger partial charge in [-0.3, -0.25) is 14.5 Å². The van der Waals surface area contributed by atoms with Gasteiger partial charge in [-0.1, -0.05) is 12.1 Å². The Morgan fingerprint density at radius 3 is 2.64 bits per heavy atom. The molecule has 1 aromatic carbocycles. The van der Waals surface area contributed by atoms with Gasteiger partial charge >= 0.3 is 5.97 Å². The first kappa shape index (κ1) is 30.0. The minimum Gasteiger partial charge on any atom is -0.511 e. The maximum absolute atomic E-state index is 13.8. The van der Waals surface area contributed by atoms with Crippen molar-refractivity contribution in [2.75, 3.05) is 27.4 Å². The number of methoxy groups -OCH3 is 2. The number of aliphatic hydroxyl groups excluding tert-OH is 2. The molecule has 6 aliphatic rings. The van der Waals surface area contributed by atoms with Crippen LogP contribution in [-0.2, 0) is 33.3 Å². The molecule has 14 nitrogen and oxygen atoms in total. The second-order valence-corrected chi connectivity index (χ2v) is 12.0. The van der Waals surface area contributed by atoms with Crippen LogP contribution in [0.2, 0.25) is 0 Å². The number of nitrogens with zero attached hydrogens (tertiary/aromatic N) is 1. The van der Waals surface area contributed by atoms with Gasteiger partial charge in [0.05, 0.1) is 48.6 Å². The zero-order chi connectivity index (χ0) is 31.9. The number of hydrogen-bond donors (Lipinski definition) is 4. The summed E-state index contributed by atoms with van der Waals surface area (Å²) >= 11 is 0. The maximum atomic E-state index is 13.8. The predicted octanol–water partition coefficient (Wildman–Crippen LogP) is 1.24. The molecule has 3 aliphatic heterocycles. The van der Waals surface area contributed by atoms with Crippen molar-refractivity contribution >= 4 is 23.6 Å². The van der Waals surface area contributed by atoms with E-state index in [9.17, 15) is 34.8 Å². The van der Waals surface area contributed by atoms with Gasteiger partial charge < -0.3 is 48.8 Å². The van der Waals surface area contributed by atoms with Crippen molar-refractivity contribution < 1.29 is 63.2 Å². The standard InChI is InChI=1S/C31H33NO13/c1-12-26-15(32-7-8-42-29(41-3)28(32)45-26)10-18(43-12)44-17-11-31(39,30(37)38)27(36)22-21(17)25(35)20-14(23(22)33)9-13-5-4-6-16(40-2)19(13)24(20)34/h4-6,9,12,15,17-18,21,26,28-29,33,35,39H,7-8,10-11H2,1-3H3,(H,37,38)/t12-,15-,17-,18-,21?,26+,28+,29-,31-/m0/s1. The van der Waals surface area contributed by atoms with Gasteiger partial charge in [0, 0.05) is 38.1 Å². The molecule has 3 saturated heterocycles. The highest BCUT2D eigenvalue weighted by Gasteiger charge is 2.61. The van der Waals surface area contributed by atoms with Gasteiger partial charge in [0.2, 0.25) is 17.2 Å². The Balaban J connectivity index is 1.27. The van der Waals surface area contributed by atoms with E-state index < -0.39 is 83.6 Å². The van der Waals surface area contributed by atoms with Crippen molar-refractivity contribution in [3.05, 3.63) is 57.6 Å². The van der Waals surface area contributed by atoms with Crippen molar-refractivity contribution in [1.82, 2.24) is 4.90 Å². The number of morpholine rings is 1. The number of carbonyl (C=O) groups excluding carboxylic acids is 2. The summed E-state index contributed by atoms with van der Waals surface area (Å²) in [6.45, 7) is 2.76. The van der Waals surface area contributed by atoms with Crippen LogP contribution >= 0.6 is 0 Å². The smallest absolute Gasteiger partial charge is 0.344 e. The summed E-state index contributed by atoms with van der Waals surface area (Å²) in [6, 6.07) is 4.60. The van der Waals surface area contributed by atoms with Crippen molar-refractivity contribution in [3.63, 3.8) is 0 Å². The van der Waals surface area contributed by atoms with E-state index in [4.69, 9.17) is 28.4 Å². The van der Waals surface area contributed by atoms with Crippen LogP contribution in [0.3, 0.4) is 0 Å². The van der Waals surface area contributed by atoms with Crippen molar-refractivity contribution in [3.8, 4) is 5.75 Å². The molecule has 0 aromatic heterocycles. The van der Waals surface area contributed by atoms with Gasteiger partial charge in [0.1, 0.15) is 23.4 Å².